The molecule has 16 heavy (non-hydrogen) atoms. The zero-order valence-corrected chi connectivity index (χ0v) is 9.94. The van der Waals surface area contributed by atoms with Crippen molar-refractivity contribution in [3.05, 3.63) is 48.6 Å². The van der Waals surface area contributed by atoms with Gasteiger partial charge in [-0.15, -0.1) is 6.58 Å². The summed E-state index contributed by atoms with van der Waals surface area (Å²) in [7, 11) is 0. The molecule has 1 aliphatic heterocycles. The third-order valence-electron chi connectivity index (χ3n) is 3.46. The van der Waals surface area contributed by atoms with Crippen LogP contribution in [0.2, 0.25) is 0 Å². The number of benzene rings is 1. The first kappa shape index (κ1) is 11.4. The summed E-state index contributed by atoms with van der Waals surface area (Å²) in [6.07, 6.45) is 5.94. The van der Waals surface area contributed by atoms with E-state index in [1.165, 1.54) is 37.9 Å². The van der Waals surface area contributed by atoms with Gasteiger partial charge in [0.1, 0.15) is 0 Å². The molecule has 0 unspecified atom stereocenters. The van der Waals surface area contributed by atoms with Gasteiger partial charge in [0.05, 0.1) is 0 Å². The van der Waals surface area contributed by atoms with Crippen molar-refractivity contribution in [2.24, 2.45) is 5.92 Å². The molecule has 0 atom stereocenters. The molecule has 0 bridgehead atoms. The first-order valence-corrected chi connectivity index (χ1v) is 6.25. The molecule has 1 nitrogen and oxygen atoms in total. The molecule has 2 rings (SSSR count). The average molecular weight is 215 g/mol. The predicted octanol–water partition coefficient (Wildman–Crippen LogP) is 3.13. The zero-order chi connectivity index (χ0) is 11.2. The van der Waals surface area contributed by atoms with Crippen LogP contribution in [-0.2, 0) is 6.42 Å². The van der Waals surface area contributed by atoms with Crippen LogP contribution in [0.5, 0.6) is 0 Å². The first-order chi connectivity index (χ1) is 7.88. The lowest BCUT2D eigenvalue weighted by Crippen LogP contribution is -2.34. The summed E-state index contributed by atoms with van der Waals surface area (Å²) in [5.41, 5.74) is 1.49. The number of piperidine rings is 1. The van der Waals surface area contributed by atoms with E-state index >= 15 is 0 Å². The highest BCUT2D eigenvalue weighted by molar-refractivity contribution is 5.15. The van der Waals surface area contributed by atoms with Gasteiger partial charge < -0.3 is 0 Å². The fraction of sp³-hybridized carbons (Fsp3) is 0.467. The van der Waals surface area contributed by atoms with E-state index in [2.05, 4.69) is 41.8 Å². The van der Waals surface area contributed by atoms with Gasteiger partial charge in [0.2, 0.25) is 0 Å². The topological polar surface area (TPSA) is 3.24 Å². The summed E-state index contributed by atoms with van der Waals surface area (Å²) in [6, 6.07) is 10.9. The highest BCUT2D eigenvalue weighted by atomic mass is 15.1. The molecule has 0 aliphatic carbocycles. The second kappa shape index (κ2) is 5.86. The van der Waals surface area contributed by atoms with Crippen LogP contribution in [0.1, 0.15) is 18.4 Å². The monoisotopic (exact) mass is 215 g/mol. The molecule has 0 spiro atoms. The fourth-order valence-corrected chi connectivity index (χ4v) is 2.50. The smallest absolute Gasteiger partial charge is 0.0160 e. The number of hydrogen-bond acceptors (Lipinski definition) is 1. The minimum Gasteiger partial charge on any atom is -0.300 e. The molecule has 0 N–H and O–H groups in total. The van der Waals surface area contributed by atoms with Gasteiger partial charge in [-0.05, 0) is 43.8 Å². The van der Waals surface area contributed by atoms with E-state index < -0.39 is 0 Å². The second-order valence-electron chi connectivity index (χ2n) is 4.72. The summed E-state index contributed by atoms with van der Waals surface area (Å²) in [6.45, 7) is 7.33. The van der Waals surface area contributed by atoms with E-state index in [0.717, 1.165) is 12.5 Å². The molecule has 1 aromatic rings. The van der Waals surface area contributed by atoms with Gasteiger partial charge in [-0.1, -0.05) is 36.4 Å². The Kier molecular flexibility index (Phi) is 4.17. The maximum absolute atomic E-state index is 3.80. The van der Waals surface area contributed by atoms with E-state index in [1.807, 2.05) is 6.08 Å². The number of nitrogens with zero attached hydrogens (tertiary/aromatic N) is 1. The molecular weight excluding hydrogens is 194 g/mol. The molecule has 0 saturated carbocycles. The molecule has 1 saturated heterocycles. The van der Waals surface area contributed by atoms with Gasteiger partial charge in [-0.2, -0.15) is 0 Å². The van der Waals surface area contributed by atoms with Crippen LogP contribution in [0.15, 0.2) is 43.0 Å². The Bertz CT molecular complexity index is 309. The highest BCUT2D eigenvalue weighted by Gasteiger charge is 2.18. The van der Waals surface area contributed by atoms with Gasteiger partial charge in [0, 0.05) is 6.54 Å². The third-order valence-corrected chi connectivity index (χ3v) is 3.46. The van der Waals surface area contributed by atoms with Crippen LogP contribution in [0.25, 0.3) is 0 Å². The van der Waals surface area contributed by atoms with Crippen molar-refractivity contribution in [1.29, 1.82) is 0 Å². The maximum Gasteiger partial charge on any atom is 0.0160 e. The molecule has 1 aliphatic rings. The third kappa shape index (κ3) is 3.21. The summed E-state index contributed by atoms with van der Waals surface area (Å²) in [5.74, 6) is 0.878. The van der Waals surface area contributed by atoms with Crippen LogP contribution < -0.4 is 0 Å². The molecule has 86 valence electrons. The minimum atomic E-state index is 0.878. The van der Waals surface area contributed by atoms with E-state index in [-0.39, 0.29) is 0 Å². The molecule has 1 aromatic carbocycles. The maximum atomic E-state index is 3.80. The van der Waals surface area contributed by atoms with Gasteiger partial charge in [-0.25, -0.2) is 0 Å². The van der Waals surface area contributed by atoms with Crippen molar-refractivity contribution in [3.8, 4) is 0 Å². The highest BCUT2D eigenvalue weighted by Crippen LogP contribution is 2.21. The molecule has 0 aromatic heterocycles. The summed E-state index contributed by atoms with van der Waals surface area (Å²) in [5, 5.41) is 0. The largest absolute Gasteiger partial charge is 0.300 e. The normalized spacial score (nSPS) is 18.5. The van der Waals surface area contributed by atoms with Crippen molar-refractivity contribution < 1.29 is 0 Å². The lowest BCUT2D eigenvalue weighted by atomic mass is 9.90. The van der Waals surface area contributed by atoms with Crippen LogP contribution in [0, 0.1) is 5.92 Å². The summed E-state index contributed by atoms with van der Waals surface area (Å²) >= 11 is 0. The average Bonchev–Trinajstić information content (AvgIpc) is 2.33. The first-order valence-electron chi connectivity index (χ1n) is 6.25. The summed E-state index contributed by atoms with van der Waals surface area (Å²) in [4.78, 5) is 2.49. The fourth-order valence-electron chi connectivity index (χ4n) is 2.50. The molecular formula is C15H21N. The van der Waals surface area contributed by atoms with E-state index in [0.29, 0.717) is 0 Å². The number of rotatable bonds is 4. The summed E-state index contributed by atoms with van der Waals surface area (Å²) < 4.78 is 0. The molecule has 0 amide bonds. The molecule has 1 heteroatoms. The van der Waals surface area contributed by atoms with Crippen LogP contribution >= 0.6 is 0 Å². The van der Waals surface area contributed by atoms with E-state index in [4.69, 9.17) is 0 Å². The SMILES string of the molecule is C=CCN1CCC(Cc2ccccc2)CC1. The Morgan fingerprint density at radius 1 is 1.19 bits per heavy atom. The lowest BCUT2D eigenvalue weighted by Gasteiger charge is -2.31. The van der Waals surface area contributed by atoms with Crippen LogP contribution in [0.4, 0.5) is 0 Å². The standard InChI is InChI=1S/C15H21N/c1-2-10-16-11-8-15(9-12-16)13-14-6-4-3-5-7-14/h2-7,15H,1,8-13H2. The second-order valence-corrected chi connectivity index (χ2v) is 4.72. The van der Waals surface area contributed by atoms with E-state index in [9.17, 15) is 0 Å². The Balaban J connectivity index is 1.79. The predicted molar refractivity (Wildman–Crippen MR) is 69.5 cm³/mol. The van der Waals surface area contributed by atoms with Crippen molar-refractivity contribution in [2.45, 2.75) is 19.3 Å². The van der Waals surface area contributed by atoms with Gasteiger partial charge >= 0.3 is 0 Å². The lowest BCUT2D eigenvalue weighted by molar-refractivity contribution is 0.200. The number of likely N-dealkylation sites (tertiary alicyclic amines) is 1. The Morgan fingerprint density at radius 2 is 1.88 bits per heavy atom. The molecule has 0 radical (unpaired) electrons. The molecule has 1 fully saturated rings. The van der Waals surface area contributed by atoms with Gasteiger partial charge in [0.15, 0.2) is 0 Å². The Labute approximate surface area is 98.8 Å². The quantitative estimate of drug-likeness (QED) is 0.697. The Hall–Kier alpha value is -1.08. The van der Waals surface area contributed by atoms with Crippen molar-refractivity contribution in [2.75, 3.05) is 19.6 Å². The zero-order valence-electron chi connectivity index (χ0n) is 9.94. The molecule has 1 heterocycles. The van der Waals surface area contributed by atoms with E-state index in [1.54, 1.807) is 0 Å². The number of hydrogen-bond donors (Lipinski definition) is 0. The van der Waals surface area contributed by atoms with Crippen LogP contribution in [0.3, 0.4) is 0 Å². The van der Waals surface area contributed by atoms with Gasteiger partial charge in [0.25, 0.3) is 0 Å². The van der Waals surface area contributed by atoms with Crippen molar-refractivity contribution in [3.63, 3.8) is 0 Å². The minimum absolute atomic E-state index is 0.878. The van der Waals surface area contributed by atoms with Crippen molar-refractivity contribution >= 4 is 0 Å². The van der Waals surface area contributed by atoms with Crippen molar-refractivity contribution in [1.82, 2.24) is 4.90 Å². The van der Waals surface area contributed by atoms with Crippen LogP contribution in [-0.4, -0.2) is 24.5 Å². The Morgan fingerprint density at radius 3 is 2.50 bits per heavy atom. The van der Waals surface area contributed by atoms with Gasteiger partial charge in [-0.3, -0.25) is 4.90 Å².